The topological polar surface area (TPSA) is 107 Å². The van der Waals surface area contributed by atoms with Gasteiger partial charge in [-0.15, -0.1) is 0 Å². The number of nitrogens with zero attached hydrogens (tertiary/aromatic N) is 1. The summed E-state index contributed by atoms with van der Waals surface area (Å²) >= 11 is 0. The molecule has 8 heteroatoms. The van der Waals surface area contributed by atoms with E-state index < -0.39 is 18.5 Å². The van der Waals surface area contributed by atoms with Gasteiger partial charge >= 0.3 is 5.97 Å². The molecule has 0 spiro atoms. The quantitative estimate of drug-likeness (QED) is 0.540. The van der Waals surface area contributed by atoms with Crippen LogP contribution in [0.25, 0.3) is 6.08 Å². The third-order valence-electron chi connectivity index (χ3n) is 3.78. The number of esters is 1. The molecule has 0 aliphatic carbocycles. The predicted octanol–water partition coefficient (Wildman–Crippen LogP) is 2.78. The lowest BCUT2D eigenvalue weighted by molar-refractivity contribution is -0.142. The molecule has 0 aromatic heterocycles. The highest BCUT2D eigenvalue weighted by Crippen LogP contribution is 2.35. The van der Waals surface area contributed by atoms with Crippen molar-refractivity contribution in [1.29, 1.82) is 5.26 Å². The second kappa shape index (κ2) is 10.4. The molecule has 8 nitrogen and oxygen atoms in total. The lowest BCUT2D eigenvalue weighted by Crippen LogP contribution is -2.20. The molecule has 29 heavy (non-hydrogen) atoms. The molecule has 1 amide bonds. The maximum atomic E-state index is 11.9. The van der Waals surface area contributed by atoms with Gasteiger partial charge in [0.15, 0.2) is 18.1 Å². The largest absolute Gasteiger partial charge is 0.496 e. The Balaban J connectivity index is 1.95. The van der Waals surface area contributed by atoms with Crippen LogP contribution < -0.4 is 19.5 Å². The Kier molecular flexibility index (Phi) is 7.62. The van der Waals surface area contributed by atoms with Gasteiger partial charge in [0.1, 0.15) is 5.75 Å². The maximum absolute atomic E-state index is 11.9. The van der Waals surface area contributed by atoms with Crippen molar-refractivity contribution in [2.75, 3.05) is 33.3 Å². The minimum Gasteiger partial charge on any atom is -0.496 e. The van der Waals surface area contributed by atoms with Crippen molar-refractivity contribution in [2.24, 2.45) is 0 Å². The summed E-state index contributed by atoms with van der Waals surface area (Å²) in [7, 11) is 4.50. The first-order chi connectivity index (χ1) is 14.0. The molecule has 0 saturated carbocycles. The number of nitrogens with one attached hydrogen (secondary N) is 1. The van der Waals surface area contributed by atoms with Gasteiger partial charge < -0.3 is 24.3 Å². The minimum atomic E-state index is -0.697. The fourth-order valence-corrected chi connectivity index (χ4v) is 2.35. The molecule has 150 valence electrons. The number of amides is 1. The first-order valence-corrected chi connectivity index (χ1v) is 8.45. The summed E-state index contributed by atoms with van der Waals surface area (Å²) in [5.74, 6) is 0.244. The second-order valence-electron chi connectivity index (χ2n) is 5.63. The molecule has 2 aromatic rings. The molecule has 2 rings (SSSR count). The van der Waals surface area contributed by atoms with Gasteiger partial charge in [-0.2, -0.15) is 5.26 Å². The maximum Gasteiger partial charge on any atom is 0.331 e. The Labute approximate surface area is 168 Å². The lowest BCUT2D eigenvalue weighted by atomic mass is 10.1. The number of carbonyl (C=O) groups is 2. The molecule has 1 N–H and O–H groups in total. The normalized spacial score (nSPS) is 10.1. The number of methoxy groups -OCH3 is 3. The monoisotopic (exact) mass is 396 g/mol. The van der Waals surface area contributed by atoms with Gasteiger partial charge in [0.2, 0.25) is 0 Å². The molecule has 0 saturated heterocycles. The van der Waals surface area contributed by atoms with E-state index in [1.807, 2.05) is 6.07 Å². The smallest absolute Gasteiger partial charge is 0.331 e. The first-order valence-electron chi connectivity index (χ1n) is 8.45. The van der Waals surface area contributed by atoms with Crippen molar-refractivity contribution < 1.29 is 28.5 Å². The Morgan fingerprint density at radius 1 is 1.00 bits per heavy atom. The number of hydrogen-bond acceptors (Lipinski definition) is 7. The number of anilines is 1. The van der Waals surface area contributed by atoms with E-state index in [0.29, 0.717) is 34.1 Å². The minimum absolute atomic E-state index is 0.452. The summed E-state index contributed by atoms with van der Waals surface area (Å²) in [6.07, 6.45) is 2.67. The van der Waals surface area contributed by atoms with Crippen molar-refractivity contribution in [1.82, 2.24) is 0 Å². The molecule has 0 atom stereocenters. The second-order valence-corrected chi connectivity index (χ2v) is 5.63. The van der Waals surface area contributed by atoms with Gasteiger partial charge in [0.05, 0.1) is 33.0 Å². The van der Waals surface area contributed by atoms with E-state index in [1.165, 1.54) is 33.5 Å². The van der Waals surface area contributed by atoms with Gasteiger partial charge in [-0.05, 0) is 36.4 Å². The molecule has 0 radical (unpaired) electrons. The van der Waals surface area contributed by atoms with E-state index in [1.54, 1.807) is 36.4 Å². The van der Waals surface area contributed by atoms with Crippen LogP contribution in [0.4, 0.5) is 5.69 Å². The van der Waals surface area contributed by atoms with E-state index in [4.69, 9.17) is 24.2 Å². The Hall–Kier alpha value is -3.99. The van der Waals surface area contributed by atoms with Crippen molar-refractivity contribution in [3.8, 4) is 23.3 Å². The SMILES string of the molecule is COc1cc(OC)c(OC)cc1/C=C/C(=O)OCC(=O)Nc1ccc(C#N)cc1. The van der Waals surface area contributed by atoms with Crippen LogP contribution in [-0.4, -0.2) is 39.8 Å². The highest BCUT2D eigenvalue weighted by atomic mass is 16.5. The zero-order valence-corrected chi connectivity index (χ0v) is 16.2. The van der Waals surface area contributed by atoms with Crippen molar-refractivity contribution in [2.45, 2.75) is 0 Å². The molecule has 0 fully saturated rings. The van der Waals surface area contributed by atoms with Crippen LogP contribution in [0.1, 0.15) is 11.1 Å². The Morgan fingerprint density at radius 3 is 2.21 bits per heavy atom. The molecule has 0 unspecified atom stereocenters. The van der Waals surface area contributed by atoms with Gasteiger partial charge in [-0.25, -0.2) is 4.79 Å². The first kappa shape index (κ1) is 21.3. The number of carbonyl (C=O) groups excluding carboxylic acids is 2. The molecular weight excluding hydrogens is 376 g/mol. The summed E-state index contributed by atoms with van der Waals surface area (Å²) < 4.78 is 20.6. The fourth-order valence-electron chi connectivity index (χ4n) is 2.35. The van der Waals surface area contributed by atoms with Crippen molar-refractivity contribution >= 4 is 23.6 Å². The summed E-state index contributed by atoms with van der Waals surface area (Å²) in [6, 6.07) is 11.6. The van der Waals surface area contributed by atoms with E-state index in [0.717, 1.165) is 0 Å². The van der Waals surface area contributed by atoms with Crippen LogP contribution in [0.3, 0.4) is 0 Å². The third-order valence-corrected chi connectivity index (χ3v) is 3.78. The molecule has 0 heterocycles. The van der Waals surface area contributed by atoms with E-state index in [2.05, 4.69) is 5.32 Å². The zero-order valence-electron chi connectivity index (χ0n) is 16.2. The van der Waals surface area contributed by atoms with Crippen LogP contribution >= 0.6 is 0 Å². The van der Waals surface area contributed by atoms with Gasteiger partial charge in [-0.1, -0.05) is 0 Å². The molecule has 0 bridgehead atoms. The van der Waals surface area contributed by atoms with Gasteiger partial charge in [-0.3, -0.25) is 4.79 Å². The average Bonchev–Trinajstić information content (AvgIpc) is 2.76. The van der Waals surface area contributed by atoms with Gasteiger partial charge in [0, 0.05) is 23.4 Å². The van der Waals surface area contributed by atoms with Gasteiger partial charge in [0.25, 0.3) is 5.91 Å². The number of nitriles is 1. The highest BCUT2D eigenvalue weighted by molar-refractivity contribution is 5.94. The van der Waals surface area contributed by atoms with Crippen LogP contribution in [-0.2, 0) is 14.3 Å². The number of benzene rings is 2. The average molecular weight is 396 g/mol. The number of ether oxygens (including phenoxy) is 4. The van der Waals surface area contributed by atoms with E-state index in [-0.39, 0.29) is 0 Å². The highest BCUT2D eigenvalue weighted by Gasteiger charge is 2.11. The third kappa shape index (κ3) is 6.01. The number of hydrogen-bond donors (Lipinski definition) is 1. The number of rotatable bonds is 8. The predicted molar refractivity (Wildman–Crippen MR) is 106 cm³/mol. The fraction of sp³-hybridized carbons (Fsp3) is 0.190. The van der Waals surface area contributed by atoms with Crippen LogP contribution in [0, 0.1) is 11.3 Å². The van der Waals surface area contributed by atoms with Crippen LogP contribution in [0.5, 0.6) is 17.2 Å². The van der Waals surface area contributed by atoms with Crippen molar-refractivity contribution in [3.05, 3.63) is 53.6 Å². The Bertz CT molecular complexity index is 945. The van der Waals surface area contributed by atoms with E-state index in [9.17, 15) is 9.59 Å². The van der Waals surface area contributed by atoms with E-state index >= 15 is 0 Å². The van der Waals surface area contributed by atoms with Crippen molar-refractivity contribution in [3.63, 3.8) is 0 Å². The zero-order chi connectivity index (χ0) is 21.2. The summed E-state index contributed by atoms with van der Waals surface area (Å²) in [5.41, 5.74) is 1.55. The van der Waals surface area contributed by atoms with Crippen LogP contribution in [0.15, 0.2) is 42.5 Å². The molecular formula is C21H20N2O6. The summed E-state index contributed by atoms with van der Waals surface area (Å²) in [5, 5.41) is 11.3. The molecule has 0 aliphatic heterocycles. The molecule has 0 aliphatic rings. The summed E-state index contributed by atoms with van der Waals surface area (Å²) in [6.45, 7) is -0.452. The lowest BCUT2D eigenvalue weighted by Gasteiger charge is -2.12. The Morgan fingerprint density at radius 2 is 1.62 bits per heavy atom. The van der Waals surface area contributed by atoms with Crippen LogP contribution in [0.2, 0.25) is 0 Å². The summed E-state index contributed by atoms with van der Waals surface area (Å²) in [4.78, 5) is 23.8. The molecule has 2 aromatic carbocycles. The standard InChI is InChI=1S/C21H20N2O6/c1-26-17-11-19(28-3)18(27-2)10-15(17)6-9-21(25)29-13-20(24)23-16-7-4-14(12-22)5-8-16/h4-11H,13H2,1-3H3,(H,23,24)/b9-6+.